The van der Waals surface area contributed by atoms with E-state index in [4.69, 9.17) is 11.1 Å². The first-order valence-corrected chi connectivity index (χ1v) is 6.28. The van der Waals surface area contributed by atoms with E-state index in [0.29, 0.717) is 17.7 Å². The molecule has 1 fully saturated rings. The van der Waals surface area contributed by atoms with E-state index in [1.165, 1.54) is 12.5 Å². The van der Waals surface area contributed by atoms with Crippen LogP contribution in [0.2, 0.25) is 0 Å². The van der Waals surface area contributed by atoms with Crippen LogP contribution >= 0.6 is 0 Å². The molecular formula is C14H20FN3. The van der Waals surface area contributed by atoms with Gasteiger partial charge in [-0.05, 0) is 39.3 Å². The van der Waals surface area contributed by atoms with E-state index < -0.39 is 0 Å². The van der Waals surface area contributed by atoms with Crippen LogP contribution in [0.5, 0.6) is 0 Å². The number of hydrogen-bond acceptors (Lipinski definition) is 2. The molecular weight excluding hydrogens is 229 g/mol. The molecule has 0 unspecified atom stereocenters. The summed E-state index contributed by atoms with van der Waals surface area (Å²) in [4.78, 5) is 2.30. The summed E-state index contributed by atoms with van der Waals surface area (Å²) < 4.78 is 13.9. The molecule has 1 heterocycles. The molecule has 3 nitrogen and oxygen atoms in total. The van der Waals surface area contributed by atoms with Gasteiger partial charge in [0.2, 0.25) is 0 Å². The molecule has 1 aromatic rings. The fourth-order valence-corrected chi connectivity index (χ4v) is 2.51. The molecule has 0 atom stereocenters. The normalized spacial score (nSPS) is 19.1. The first-order valence-electron chi connectivity index (χ1n) is 6.28. The van der Waals surface area contributed by atoms with Gasteiger partial charge in [0.15, 0.2) is 0 Å². The van der Waals surface area contributed by atoms with Gasteiger partial charge < -0.3 is 5.73 Å². The number of hydrogen-bond donors (Lipinski definition) is 2. The number of likely N-dealkylation sites (tertiary alicyclic amines) is 1. The van der Waals surface area contributed by atoms with Crippen molar-refractivity contribution < 1.29 is 4.39 Å². The zero-order valence-electron chi connectivity index (χ0n) is 11.0. The second-order valence-electron chi connectivity index (χ2n) is 5.56. The highest BCUT2D eigenvalue weighted by Crippen LogP contribution is 2.30. The number of amidine groups is 1. The van der Waals surface area contributed by atoms with Gasteiger partial charge >= 0.3 is 0 Å². The van der Waals surface area contributed by atoms with Crippen molar-refractivity contribution in [3.63, 3.8) is 0 Å². The smallest absolute Gasteiger partial charge is 0.128 e. The zero-order valence-corrected chi connectivity index (χ0v) is 11.0. The number of rotatable bonds is 3. The van der Waals surface area contributed by atoms with Gasteiger partial charge in [0.25, 0.3) is 0 Å². The highest BCUT2D eigenvalue weighted by atomic mass is 19.1. The van der Waals surface area contributed by atoms with Gasteiger partial charge in [0, 0.05) is 23.2 Å². The van der Waals surface area contributed by atoms with Crippen molar-refractivity contribution in [3.8, 4) is 0 Å². The Balaban J connectivity index is 2.17. The monoisotopic (exact) mass is 249 g/mol. The standard InChI is InChI=1S/C14H20FN3/c1-14(2)6-3-7-18(14)9-11-5-4-10(13(16)17)8-12(11)15/h4-5,8H,3,6-7,9H2,1-2H3,(H3,16,17). The summed E-state index contributed by atoms with van der Waals surface area (Å²) in [7, 11) is 0. The fraction of sp³-hybridized carbons (Fsp3) is 0.500. The SMILES string of the molecule is CC1(C)CCCN1Cc1ccc(C(=N)N)cc1F. The third kappa shape index (κ3) is 2.53. The third-order valence-electron chi connectivity index (χ3n) is 3.80. The average Bonchev–Trinajstić information content (AvgIpc) is 2.61. The van der Waals surface area contributed by atoms with E-state index in [9.17, 15) is 4.39 Å². The van der Waals surface area contributed by atoms with Crippen LogP contribution in [0, 0.1) is 11.2 Å². The summed E-state index contributed by atoms with van der Waals surface area (Å²) in [6.45, 7) is 6.03. The average molecular weight is 249 g/mol. The van der Waals surface area contributed by atoms with Crippen molar-refractivity contribution in [2.75, 3.05) is 6.54 Å². The third-order valence-corrected chi connectivity index (χ3v) is 3.80. The Morgan fingerprint density at radius 1 is 1.50 bits per heavy atom. The summed E-state index contributed by atoms with van der Waals surface area (Å²) in [5, 5.41) is 7.29. The lowest BCUT2D eigenvalue weighted by Crippen LogP contribution is -2.37. The number of halogens is 1. The van der Waals surface area contributed by atoms with Gasteiger partial charge in [-0.3, -0.25) is 10.3 Å². The molecule has 3 N–H and O–H groups in total. The lowest BCUT2D eigenvalue weighted by Gasteiger charge is -2.31. The maximum atomic E-state index is 13.9. The molecule has 1 saturated heterocycles. The van der Waals surface area contributed by atoms with Crippen molar-refractivity contribution in [1.82, 2.24) is 4.90 Å². The number of nitrogen functional groups attached to an aromatic ring is 1. The van der Waals surface area contributed by atoms with Crippen LogP contribution in [-0.2, 0) is 6.54 Å². The molecule has 0 radical (unpaired) electrons. The van der Waals surface area contributed by atoms with Crippen molar-refractivity contribution in [2.45, 2.75) is 38.8 Å². The maximum absolute atomic E-state index is 13.9. The molecule has 0 saturated carbocycles. The first kappa shape index (κ1) is 13.0. The Kier molecular flexibility index (Phi) is 3.39. The van der Waals surface area contributed by atoms with Crippen LogP contribution in [0.25, 0.3) is 0 Å². The van der Waals surface area contributed by atoms with Crippen LogP contribution in [0.4, 0.5) is 4.39 Å². The Morgan fingerprint density at radius 3 is 2.72 bits per heavy atom. The summed E-state index contributed by atoms with van der Waals surface area (Å²) in [5.74, 6) is -0.368. The first-order chi connectivity index (χ1) is 8.40. The highest BCUT2D eigenvalue weighted by molar-refractivity contribution is 5.94. The van der Waals surface area contributed by atoms with E-state index in [1.807, 2.05) is 0 Å². The second kappa shape index (κ2) is 4.69. The van der Waals surface area contributed by atoms with E-state index >= 15 is 0 Å². The summed E-state index contributed by atoms with van der Waals surface area (Å²) in [5.41, 5.74) is 6.61. The van der Waals surface area contributed by atoms with E-state index in [2.05, 4.69) is 18.7 Å². The zero-order chi connectivity index (χ0) is 13.3. The lowest BCUT2D eigenvalue weighted by atomic mass is 10.0. The Morgan fingerprint density at radius 2 is 2.22 bits per heavy atom. The number of nitrogens with two attached hydrogens (primary N) is 1. The van der Waals surface area contributed by atoms with E-state index in [-0.39, 0.29) is 17.2 Å². The Hall–Kier alpha value is -1.42. The number of nitrogens with zero attached hydrogens (tertiary/aromatic N) is 1. The fourth-order valence-electron chi connectivity index (χ4n) is 2.51. The van der Waals surface area contributed by atoms with Crippen LogP contribution in [0.1, 0.15) is 37.8 Å². The molecule has 0 amide bonds. The van der Waals surface area contributed by atoms with Gasteiger partial charge in [0.05, 0.1) is 0 Å². The maximum Gasteiger partial charge on any atom is 0.128 e. The molecule has 1 aliphatic rings. The minimum atomic E-state index is -0.273. The number of benzene rings is 1. The molecule has 1 aromatic carbocycles. The molecule has 18 heavy (non-hydrogen) atoms. The Bertz CT molecular complexity index is 468. The van der Waals surface area contributed by atoms with Crippen LogP contribution in [-0.4, -0.2) is 22.8 Å². The minimum Gasteiger partial charge on any atom is -0.384 e. The van der Waals surface area contributed by atoms with Crippen LogP contribution in [0.3, 0.4) is 0 Å². The van der Waals surface area contributed by atoms with E-state index in [1.54, 1.807) is 12.1 Å². The van der Waals surface area contributed by atoms with Gasteiger partial charge in [-0.1, -0.05) is 12.1 Å². The van der Waals surface area contributed by atoms with Gasteiger partial charge in [-0.25, -0.2) is 4.39 Å². The van der Waals surface area contributed by atoms with Gasteiger partial charge in [-0.15, -0.1) is 0 Å². The molecule has 1 aliphatic heterocycles. The number of nitrogens with one attached hydrogen (secondary N) is 1. The van der Waals surface area contributed by atoms with E-state index in [0.717, 1.165) is 13.0 Å². The van der Waals surface area contributed by atoms with Crippen molar-refractivity contribution in [1.29, 1.82) is 5.41 Å². The molecule has 98 valence electrons. The summed E-state index contributed by atoms with van der Waals surface area (Å²) in [6.07, 6.45) is 2.32. The predicted molar refractivity (Wildman–Crippen MR) is 71.1 cm³/mol. The predicted octanol–water partition coefficient (Wildman–Crippen LogP) is 2.48. The van der Waals surface area contributed by atoms with Crippen molar-refractivity contribution in [2.24, 2.45) is 5.73 Å². The molecule has 4 heteroatoms. The molecule has 2 rings (SSSR count). The molecule has 0 bridgehead atoms. The summed E-state index contributed by atoms with van der Waals surface area (Å²) >= 11 is 0. The minimum absolute atomic E-state index is 0.0954. The highest BCUT2D eigenvalue weighted by Gasteiger charge is 2.31. The van der Waals surface area contributed by atoms with Crippen LogP contribution in [0.15, 0.2) is 18.2 Å². The Labute approximate surface area is 107 Å². The molecule has 0 aliphatic carbocycles. The molecule has 0 aromatic heterocycles. The molecule has 0 spiro atoms. The lowest BCUT2D eigenvalue weighted by molar-refractivity contribution is 0.164. The van der Waals surface area contributed by atoms with Gasteiger partial charge in [-0.2, -0.15) is 0 Å². The van der Waals surface area contributed by atoms with Gasteiger partial charge in [0.1, 0.15) is 11.7 Å². The van der Waals surface area contributed by atoms with Crippen molar-refractivity contribution in [3.05, 3.63) is 35.1 Å². The quantitative estimate of drug-likeness (QED) is 0.638. The second-order valence-corrected chi connectivity index (χ2v) is 5.56. The van der Waals surface area contributed by atoms with Crippen LogP contribution < -0.4 is 5.73 Å². The van der Waals surface area contributed by atoms with Crippen molar-refractivity contribution >= 4 is 5.84 Å². The topological polar surface area (TPSA) is 53.1 Å². The largest absolute Gasteiger partial charge is 0.384 e. The summed E-state index contributed by atoms with van der Waals surface area (Å²) in [6, 6.07) is 4.80.